The van der Waals surface area contributed by atoms with Gasteiger partial charge >= 0.3 is 12.0 Å². The van der Waals surface area contributed by atoms with Crippen LogP contribution in [0.1, 0.15) is 33.1 Å². The Labute approximate surface area is 120 Å². The van der Waals surface area contributed by atoms with Gasteiger partial charge in [-0.2, -0.15) is 0 Å². The Balaban J connectivity index is 2.18. The molecule has 1 rings (SSSR count). The maximum Gasteiger partial charge on any atom is 0.314 e. The molecule has 0 heterocycles. The van der Waals surface area contributed by atoms with Gasteiger partial charge in [0.1, 0.15) is 0 Å². The van der Waals surface area contributed by atoms with Gasteiger partial charge in [-0.15, -0.1) is 0 Å². The van der Waals surface area contributed by atoms with Crippen LogP contribution >= 0.6 is 0 Å². The van der Waals surface area contributed by atoms with Crippen LogP contribution in [0.15, 0.2) is 0 Å². The number of urea groups is 1. The molecule has 1 fully saturated rings. The van der Waals surface area contributed by atoms with Crippen LogP contribution in [0.2, 0.25) is 0 Å². The monoisotopic (exact) mass is 285 g/mol. The zero-order chi connectivity index (χ0) is 15.0. The highest BCUT2D eigenvalue weighted by atomic mass is 16.4. The van der Waals surface area contributed by atoms with Gasteiger partial charge in [-0.1, -0.05) is 20.3 Å². The van der Waals surface area contributed by atoms with Crippen molar-refractivity contribution in [1.29, 1.82) is 0 Å². The van der Waals surface area contributed by atoms with Crippen LogP contribution in [0.4, 0.5) is 4.79 Å². The van der Waals surface area contributed by atoms with Gasteiger partial charge in [-0.3, -0.25) is 4.79 Å². The Morgan fingerprint density at radius 2 is 1.90 bits per heavy atom. The van der Waals surface area contributed by atoms with Gasteiger partial charge in [-0.05, 0) is 31.8 Å². The van der Waals surface area contributed by atoms with Crippen molar-refractivity contribution in [3.05, 3.63) is 0 Å². The second-order valence-corrected chi connectivity index (χ2v) is 5.30. The summed E-state index contributed by atoms with van der Waals surface area (Å²) < 4.78 is 0. The molecule has 1 saturated carbocycles. The van der Waals surface area contributed by atoms with Gasteiger partial charge in [0.25, 0.3) is 0 Å². The van der Waals surface area contributed by atoms with Crippen LogP contribution in [0.5, 0.6) is 0 Å². The lowest BCUT2D eigenvalue weighted by Crippen LogP contribution is -2.42. The maximum atomic E-state index is 11.6. The number of carboxylic acid groups (broad SMARTS) is 1. The van der Waals surface area contributed by atoms with Crippen molar-refractivity contribution in [3.8, 4) is 0 Å². The lowest BCUT2D eigenvalue weighted by molar-refractivity contribution is -0.142. The highest BCUT2D eigenvalue weighted by molar-refractivity contribution is 5.74. The van der Waals surface area contributed by atoms with Gasteiger partial charge in [0.05, 0.1) is 5.92 Å². The fourth-order valence-electron chi connectivity index (χ4n) is 2.76. The Kier molecular flexibility index (Phi) is 7.36. The highest BCUT2D eigenvalue weighted by Crippen LogP contribution is 2.31. The molecule has 3 N–H and O–H groups in total. The minimum absolute atomic E-state index is 0.0704. The van der Waals surface area contributed by atoms with Gasteiger partial charge < -0.3 is 20.6 Å². The standard InChI is InChI=1S/C14H27N3O3/c1-3-17(4-2)9-8-15-14(20)16-10-11-6-5-7-12(11)13(18)19/h11-12H,3-10H2,1-2H3,(H,18,19)(H2,15,16,20). The quantitative estimate of drug-likeness (QED) is 0.624. The average molecular weight is 285 g/mol. The van der Waals surface area contributed by atoms with Crippen molar-refractivity contribution < 1.29 is 14.7 Å². The van der Waals surface area contributed by atoms with E-state index in [2.05, 4.69) is 29.4 Å². The second-order valence-electron chi connectivity index (χ2n) is 5.30. The lowest BCUT2D eigenvalue weighted by atomic mass is 9.96. The molecule has 116 valence electrons. The Hall–Kier alpha value is -1.30. The van der Waals surface area contributed by atoms with Crippen molar-refractivity contribution in [1.82, 2.24) is 15.5 Å². The lowest BCUT2D eigenvalue weighted by Gasteiger charge is -2.19. The third-order valence-corrected chi connectivity index (χ3v) is 4.11. The number of hydrogen-bond acceptors (Lipinski definition) is 3. The zero-order valence-corrected chi connectivity index (χ0v) is 12.5. The fourth-order valence-corrected chi connectivity index (χ4v) is 2.76. The molecule has 0 aromatic heterocycles. The van der Waals surface area contributed by atoms with Crippen molar-refractivity contribution in [2.24, 2.45) is 11.8 Å². The Morgan fingerprint density at radius 3 is 2.50 bits per heavy atom. The molecule has 1 aliphatic carbocycles. The fraction of sp³-hybridized carbons (Fsp3) is 0.857. The van der Waals surface area contributed by atoms with E-state index in [1.807, 2.05) is 0 Å². The number of likely N-dealkylation sites (N-methyl/N-ethyl adjacent to an activating group) is 1. The van der Waals surface area contributed by atoms with Gasteiger partial charge in [0.15, 0.2) is 0 Å². The van der Waals surface area contributed by atoms with Crippen molar-refractivity contribution in [2.45, 2.75) is 33.1 Å². The topological polar surface area (TPSA) is 81.7 Å². The Morgan fingerprint density at radius 1 is 1.20 bits per heavy atom. The van der Waals surface area contributed by atoms with Gasteiger partial charge in [0.2, 0.25) is 0 Å². The summed E-state index contributed by atoms with van der Waals surface area (Å²) in [5.74, 6) is -0.969. The van der Waals surface area contributed by atoms with E-state index in [0.29, 0.717) is 13.1 Å². The normalized spacial score (nSPS) is 21.9. The molecule has 0 aliphatic heterocycles. The largest absolute Gasteiger partial charge is 0.481 e. The number of amides is 2. The first-order valence-corrected chi connectivity index (χ1v) is 7.55. The van der Waals surface area contributed by atoms with E-state index in [-0.39, 0.29) is 17.9 Å². The van der Waals surface area contributed by atoms with Crippen molar-refractivity contribution >= 4 is 12.0 Å². The van der Waals surface area contributed by atoms with E-state index < -0.39 is 5.97 Å². The van der Waals surface area contributed by atoms with Gasteiger partial charge in [-0.25, -0.2) is 4.79 Å². The molecule has 0 bridgehead atoms. The van der Waals surface area contributed by atoms with Crippen LogP contribution in [0.25, 0.3) is 0 Å². The van der Waals surface area contributed by atoms with Crippen LogP contribution in [-0.2, 0) is 4.79 Å². The van der Waals surface area contributed by atoms with Crippen LogP contribution in [0.3, 0.4) is 0 Å². The average Bonchev–Trinajstić information content (AvgIpc) is 2.90. The highest BCUT2D eigenvalue weighted by Gasteiger charge is 2.32. The first kappa shape index (κ1) is 16.8. The first-order valence-electron chi connectivity index (χ1n) is 7.55. The number of nitrogens with one attached hydrogen (secondary N) is 2. The molecule has 2 unspecified atom stereocenters. The van der Waals surface area contributed by atoms with E-state index in [1.165, 1.54) is 0 Å². The van der Waals surface area contributed by atoms with Crippen LogP contribution < -0.4 is 10.6 Å². The molecule has 1 aliphatic rings. The molecule has 0 spiro atoms. The minimum Gasteiger partial charge on any atom is -0.481 e. The maximum absolute atomic E-state index is 11.6. The number of hydrogen-bond donors (Lipinski definition) is 3. The summed E-state index contributed by atoms with van der Waals surface area (Å²) >= 11 is 0. The van der Waals surface area contributed by atoms with Crippen LogP contribution in [0, 0.1) is 11.8 Å². The molecule has 20 heavy (non-hydrogen) atoms. The summed E-state index contributed by atoms with van der Waals surface area (Å²) in [4.78, 5) is 24.9. The van der Waals surface area contributed by atoms with Crippen LogP contribution in [-0.4, -0.2) is 54.7 Å². The minimum atomic E-state index is -0.740. The smallest absolute Gasteiger partial charge is 0.314 e. The third-order valence-electron chi connectivity index (χ3n) is 4.11. The molecule has 2 amide bonds. The van der Waals surface area contributed by atoms with Crippen molar-refractivity contribution in [2.75, 3.05) is 32.7 Å². The van der Waals surface area contributed by atoms with Crippen molar-refractivity contribution in [3.63, 3.8) is 0 Å². The first-order chi connectivity index (χ1) is 9.58. The van der Waals surface area contributed by atoms with E-state index in [9.17, 15) is 9.59 Å². The molecule has 0 radical (unpaired) electrons. The zero-order valence-electron chi connectivity index (χ0n) is 12.5. The molecule has 0 saturated heterocycles. The predicted molar refractivity (Wildman–Crippen MR) is 77.7 cm³/mol. The number of nitrogens with zero attached hydrogens (tertiary/aromatic N) is 1. The summed E-state index contributed by atoms with van der Waals surface area (Å²) in [5, 5.41) is 14.7. The molecule has 2 atom stereocenters. The van der Waals surface area contributed by atoms with E-state index in [4.69, 9.17) is 5.11 Å². The summed E-state index contributed by atoms with van der Waals surface area (Å²) in [7, 11) is 0. The molecular weight excluding hydrogens is 258 g/mol. The predicted octanol–water partition coefficient (Wildman–Crippen LogP) is 1.13. The van der Waals surface area contributed by atoms with E-state index >= 15 is 0 Å². The number of carboxylic acids is 1. The number of rotatable bonds is 8. The van der Waals surface area contributed by atoms with E-state index in [0.717, 1.165) is 38.9 Å². The molecule has 6 heteroatoms. The summed E-state index contributed by atoms with van der Waals surface area (Å²) in [5.41, 5.74) is 0. The summed E-state index contributed by atoms with van der Waals surface area (Å²) in [6, 6.07) is -0.201. The van der Waals surface area contributed by atoms with E-state index in [1.54, 1.807) is 0 Å². The molecular formula is C14H27N3O3. The molecule has 6 nitrogen and oxygen atoms in total. The van der Waals surface area contributed by atoms with Gasteiger partial charge in [0, 0.05) is 19.6 Å². The summed E-state index contributed by atoms with van der Waals surface area (Å²) in [6.07, 6.45) is 2.55. The number of aliphatic carboxylic acids is 1. The Bertz CT molecular complexity index is 319. The molecule has 0 aromatic carbocycles. The molecule has 0 aromatic rings. The SMILES string of the molecule is CCN(CC)CCNC(=O)NCC1CCCC1C(=O)O. The third kappa shape index (κ3) is 5.36. The second kappa shape index (κ2) is 8.79. The number of carbonyl (C=O) groups is 2. The summed E-state index contributed by atoms with van der Waals surface area (Å²) in [6.45, 7) is 8.03. The number of carbonyl (C=O) groups excluding carboxylic acids is 1.